The maximum absolute atomic E-state index is 13.8. The molecule has 1 heterocycles. The second-order valence-electron chi connectivity index (χ2n) is 6.94. The highest BCUT2D eigenvalue weighted by molar-refractivity contribution is 5.93. The fourth-order valence-electron chi connectivity index (χ4n) is 3.23. The Morgan fingerprint density at radius 3 is 2.44 bits per heavy atom. The lowest BCUT2D eigenvalue weighted by molar-refractivity contribution is -0.121. The molecule has 1 aliphatic heterocycles. The third-order valence-corrected chi connectivity index (χ3v) is 4.77. The molecular formula is C21H24FN3O2. The second-order valence-corrected chi connectivity index (χ2v) is 6.94. The van der Waals surface area contributed by atoms with Crippen LogP contribution in [-0.2, 0) is 9.59 Å². The number of para-hydroxylation sites is 1. The summed E-state index contributed by atoms with van der Waals surface area (Å²) < 4.78 is 13.8. The molecule has 0 atom stereocenters. The van der Waals surface area contributed by atoms with Gasteiger partial charge >= 0.3 is 0 Å². The number of piperidine rings is 1. The number of carbonyl (C=O) groups is 2. The van der Waals surface area contributed by atoms with E-state index in [1.54, 1.807) is 19.1 Å². The molecule has 0 unspecified atom stereocenters. The van der Waals surface area contributed by atoms with Gasteiger partial charge in [0.1, 0.15) is 5.82 Å². The van der Waals surface area contributed by atoms with Gasteiger partial charge in [-0.15, -0.1) is 0 Å². The van der Waals surface area contributed by atoms with Gasteiger partial charge in [-0.2, -0.15) is 0 Å². The Morgan fingerprint density at radius 2 is 1.78 bits per heavy atom. The molecule has 1 saturated heterocycles. The maximum Gasteiger partial charge on any atom is 0.238 e. The van der Waals surface area contributed by atoms with E-state index in [-0.39, 0.29) is 30.0 Å². The van der Waals surface area contributed by atoms with Crippen molar-refractivity contribution in [1.29, 1.82) is 0 Å². The summed E-state index contributed by atoms with van der Waals surface area (Å²) in [7, 11) is 0. The van der Waals surface area contributed by atoms with Crippen LogP contribution in [0.15, 0.2) is 48.5 Å². The van der Waals surface area contributed by atoms with Gasteiger partial charge in [-0.05, 0) is 62.7 Å². The first-order valence-electron chi connectivity index (χ1n) is 9.15. The van der Waals surface area contributed by atoms with Crippen LogP contribution in [0.25, 0.3) is 0 Å². The summed E-state index contributed by atoms with van der Waals surface area (Å²) in [6.07, 6.45) is 1.40. The zero-order chi connectivity index (χ0) is 19.2. The van der Waals surface area contributed by atoms with Crippen molar-refractivity contribution in [2.24, 2.45) is 5.92 Å². The van der Waals surface area contributed by atoms with Crippen molar-refractivity contribution in [3.05, 3.63) is 59.9 Å². The van der Waals surface area contributed by atoms with Crippen molar-refractivity contribution in [2.75, 3.05) is 30.3 Å². The van der Waals surface area contributed by atoms with Gasteiger partial charge in [-0.25, -0.2) is 4.39 Å². The van der Waals surface area contributed by atoms with Gasteiger partial charge in [-0.1, -0.05) is 24.3 Å². The maximum atomic E-state index is 13.8. The predicted octanol–water partition coefficient (Wildman–Crippen LogP) is 3.42. The van der Waals surface area contributed by atoms with Crippen molar-refractivity contribution in [3.63, 3.8) is 0 Å². The average molecular weight is 369 g/mol. The molecule has 142 valence electrons. The molecule has 6 heteroatoms. The molecule has 2 amide bonds. The lowest BCUT2D eigenvalue weighted by Crippen LogP contribution is -2.41. The SMILES string of the molecule is Cc1ccc(NC(=O)CN2CCC(C(=O)Nc3ccccc3)CC2)c(F)c1. The number of anilines is 2. The summed E-state index contributed by atoms with van der Waals surface area (Å²) in [6, 6.07) is 14.1. The highest BCUT2D eigenvalue weighted by atomic mass is 19.1. The molecule has 0 radical (unpaired) electrons. The first-order chi connectivity index (χ1) is 13.0. The Labute approximate surface area is 158 Å². The van der Waals surface area contributed by atoms with Crippen molar-refractivity contribution < 1.29 is 14.0 Å². The molecule has 2 aromatic carbocycles. The molecule has 5 nitrogen and oxygen atoms in total. The number of aryl methyl sites for hydroxylation is 1. The van der Waals surface area contributed by atoms with Gasteiger partial charge in [0.15, 0.2) is 0 Å². The van der Waals surface area contributed by atoms with E-state index in [1.807, 2.05) is 35.2 Å². The number of likely N-dealkylation sites (tertiary alicyclic amines) is 1. The van der Waals surface area contributed by atoms with E-state index < -0.39 is 5.82 Å². The fourth-order valence-corrected chi connectivity index (χ4v) is 3.23. The Bertz CT molecular complexity index is 802. The van der Waals surface area contributed by atoms with E-state index in [9.17, 15) is 14.0 Å². The fraction of sp³-hybridized carbons (Fsp3) is 0.333. The molecular weight excluding hydrogens is 345 g/mol. The number of nitrogens with one attached hydrogen (secondary N) is 2. The van der Waals surface area contributed by atoms with E-state index in [0.717, 1.165) is 11.3 Å². The minimum absolute atomic E-state index is 0.0204. The Balaban J connectivity index is 1.45. The van der Waals surface area contributed by atoms with Crippen molar-refractivity contribution in [1.82, 2.24) is 4.90 Å². The smallest absolute Gasteiger partial charge is 0.238 e. The van der Waals surface area contributed by atoms with Crippen LogP contribution < -0.4 is 10.6 Å². The van der Waals surface area contributed by atoms with Crippen molar-refractivity contribution in [3.8, 4) is 0 Å². The Kier molecular flexibility index (Phi) is 6.19. The van der Waals surface area contributed by atoms with Gasteiger partial charge in [0.25, 0.3) is 0 Å². The van der Waals surface area contributed by atoms with Gasteiger partial charge < -0.3 is 10.6 Å². The largest absolute Gasteiger partial charge is 0.326 e. The molecule has 27 heavy (non-hydrogen) atoms. The quantitative estimate of drug-likeness (QED) is 0.849. The molecule has 1 fully saturated rings. The summed E-state index contributed by atoms with van der Waals surface area (Å²) in [5, 5.41) is 5.55. The van der Waals surface area contributed by atoms with Crippen LogP contribution in [0, 0.1) is 18.7 Å². The van der Waals surface area contributed by atoms with Crippen molar-refractivity contribution in [2.45, 2.75) is 19.8 Å². The molecule has 0 bridgehead atoms. The van der Waals surface area contributed by atoms with E-state index >= 15 is 0 Å². The minimum atomic E-state index is -0.431. The standard InChI is InChI=1S/C21H24FN3O2/c1-15-7-8-19(18(22)13-15)24-20(26)14-25-11-9-16(10-12-25)21(27)23-17-5-3-2-4-6-17/h2-8,13,16H,9-12,14H2,1H3,(H,23,27)(H,24,26). The topological polar surface area (TPSA) is 61.4 Å². The summed E-state index contributed by atoms with van der Waals surface area (Å²) in [5.41, 5.74) is 1.80. The second kappa shape index (κ2) is 8.77. The Morgan fingerprint density at radius 1 is 1.07 bits per heavy atom. The first-order valence-corrected chi connectivity index (χ1v) is 9.15. The molecule has 0 aromatic heterocycles. The van der Waals surface area contributed by atoms with E-state index in [4.69, 9.17) is 0 Å². The van der Waals surface area contributed by atoms with Crippen LogP contribution in [0.1, 0.15) is 18.4 Å². The number of nitrogens with zero attached hydrogens (tertiary/aromatic N) is 1. The molecule has 2 aromatic rings. The number of halogens is 1. The average Bonchev–Trinajstić information content (AvgIpc) is 2.65. The highest BCUT2D eigenvalue weighted by Crippen LogP contribution is 2.20. The number of rotatable bonds is 5. The molecule has 0 saturated carbocycles. The summed E-state index contributed by atoms with van der Waals surface area (Å²) in [6.45, 7) is 3.32. The first kappa shape index (κ1) is 19.0. The van der Waals surface area contributed by atoms with E-state index in [1.165, 1.54) is 6.07 Å². The Hall–Kier alpha value is -2.73. The zero-order valence-electron chi connectivity index (χ0n) is 15.4. The van der Waals surface area contributed by atoms with E-state index in [0.29, 0.717) is 25.9 Å². The summed E-state index contributed by atoms with van der Waals surface area (Å²) in [4.78, 5) is 26.5. The van der Waals surface area contributed by atoms with Crippen LogP contribution in [0.2, 0.25) is 0 Å². The van der Waals surface area contributed by atoms with Gasteiger partial charge in [0, 0.05) is 11.6 Å². The number of hydrogen-bond donors (Lipinski definition) is 2. The monoisotopic (exact) mass is 369 g/mol. The van der Waals surface area contributed by atoms with Crippen LogP contribution in [-0.4, -0.2) is 36.3 Å². The predicted molar refractivity (Wildman–Crippen MR) is 104 cm³/mol. The van der Waals surface area contributed by atoms with E-state index in [2.05, 4.69) is 10.6 Å². The zero-order valence-corrected chi connectivity index (χ0v) is 15.4. The van der Waals surface area contributed by atoms with Crippen molar-refractivity contribution >= 4 is 23.2 Å². The highest BCUT2D eigenvalue weighted by Gasteiger charge is 2.26. The van der Waals surface area contributed by atoms with Gasteiger partial charge in [0.2, 0.25) is 11.8 Å². The molecule has 2 N–H and O–H groups in total. The number of benzene rings is 2. The third kappa shape index (κ3) is 5.37. The lowest BCUT2D eigenvalue weighted by Gasteiger charge is -2.30. The normalized spacial score (nSPS) is 15.3. The molecule has 0 spiro atoms. The van der Waals surface area contributed by atoms with Gasteiger partial charge in [-0.3, -0.25) is 14.5 Å². The summed E-state index contributed by atoms with van der Waals surface area (Å²) >= 11 is 0. The molecule has 0 aliphatic carbocycles. The summed E-state index contributed by atoms with van der Waals surface area (Å²) in [5.74, 6) is -0.712. The lowest BCUT2D eigenvalue weighted by atomic mass is 9.96. The minimum Gasteiger partial charge on any atom is -0.326 e. The van der Waals surface area contributed by atoms with Gasteiger partial charge in [0.05, 0.1) is 12.2 Å². The number of carbonyl (C=O) groups excluding carboxylic acids is 2. The molecule has 1 aliphatic rings. The number of hydrogen-bond acceptors (Lipinski definition) is 3. The third-order valence-electron chi connectivity index (χ3n) is 4.77. The van der Waals surface area contributed by atoms with Crippen LogP contribution in [0.3, 0.4) is 0 Å². The van der Waals surface area contributed by atoms with Crippen LogP contribution in [0.4, 0.5) is 15.8 Å². The van der Waals surface area contributed by atoms with Crippen LogP contribution in [0.5, 0.6) is 0 Å². The van der Waals surface area contributed by atoms with Crippen LogP contribution >= 0.6 is 0 Å². The number of amides is 2. The molecule has 3 rings (SSSR count).